The van der Waals surface area contributed by atoms with Gasteiger partial charge in [0.15, 0.2) is 0 Å². The van der Waals surface area contributed by atoms with Crippen LogP contribution in [0.25, 0.3) is 0 Å². The fourth-order valence-electron chi connectivity index (χ4n) is 1.95. The third-order valence-electron chi connectivity index (χ3n) is 2.91. The number of hydrogen-bond donors (Lipinski definition) is 2. The predicted octanol–water partition coefficient (Wildman–Crippen LogP) is 2.52. The second-order valence-corrected chi connectivity index (χ2v) is 5.52. The maximum Gasteiger partial charge on any atom is 0.0678 e. The molecule has 3 N–H and O–H groups in total. The summed E-state index contributed by atoms with van der Waals surface area (Å²) in [7, 11) is 0. The van der Waals surface area contributed by atoms with Gasteiger partial charge in [-0.3, -0.25) is 11.3 Å². The number of ether oxygens (including phenoxy) is 1. The zero-order valence-electron chi connectivity index (χ0n) is 10.9. The smallest absolute Gasteiger partial charge is 0.0678 e. The second-order valence-electron chi connectivity index (χ2n) is 5.52. The first-order valence-electron chi connectivity index (χ1n) is 6.32. The van der Waals surface area contributed by atoms with Gasteiger partial charge in [0.2, 0.25) is 0 Å². The van der Waals surface area contributed by atoms with Crippen LogP contribution >= 0.6 is 0 Å². The van der Waals surface area contributed by atoms with Gasteiger partial charge in [-0.2, -0.15) is 0 Å². The molecule has 0 spiro atoms. The quantitative estimate of drug-likeness (QED) is 0.440. The third kappa shape index (κ3) is 5.10. The molecule has 0 aliphatic heterocycles. The first kappa shape index (κ1) is 13.7. The summed E-state index contributed by atoms with van der Waals surface area (Å²) in [6, 6.07) is 0.178. The summed E-state index contributed by atoms with van der Waals surface area (Å²) in [6.07, 6.45) is 8.59. The van der Waals surface area contributed by atoms with E-state index >= 15 is 0 Å². The number of hydrogen-bond acceptors (Lipinski definition) is 3. The van der Waals surface area contributed by atoms with Crippen LogP contribution < -0.4 is 11.3 Å². The van der Waals surface area contributed by atoms with Gasteiger partial charge in [-0.25, -0.2) is 0 Å². The Balaban J connectivity index is 2.49. The van der Waals surface area contributed by atoms with Crippen molar-refractivity contribution in [3.05, 3.63) is 11.6 Å². The molecule has 0 fully saturated rings. The van der Waals surface area contributed by atoms with E-state index in [1.807, 2.05) is 0 Å². The van der Waals surface area contributed by atoms with Gasteiger partial charge in [0.25, 0.3) is 0 Å². The van der Waals surface area contributed by atoms with Crippen molar-refractivity contribution in [1.82, 2.24) is 5.43 Å². The average molecular weight is 226 g/mol. The molecule has 0 saturated heterocycles. The van der Waals surface area contributed by atoms with Gasteiger partial charge >= 0.3 is 0 Å². The Labute approximate surface area is 99.4 Å². The van der Waals surface area contributed by atoms with E-state index in [2.05, 4.69) is 32.3 Å². The van der Waals surface area contributed by atoms with Crippen LogP contribution in [0.1, 0.15) is 52.9 Å². The molecule has 0 bridgehead atoms. The Morgan fingerprint density at radius 3 is 2.75 bits per heavy atom. The summed E-state index contributed by atoms with van der Waals surface area (Å²) in [5.74, 6) is 5.61. The van der Waals surface area contributed by atoms with Crippen LogP contribution in [0.5, 0.6) is 0 Å². The maximum atomic E-state index is 5.79. The van der Waals surface area contributed by atoms with E-state index in [-0.39, 0.29) is 11.6 Å². The molecule has 0 aromatic heterocycles. The Bertz CT molecular complexity index is 231. The van der Waals surface area contributed by atoms with Crippen molar-refractivity contribution in [2.45, 2.75) is 64.5 Å². The van der Waals surface area contributed by atoms with Crippen LogP contribution in [0.3, 0.4) is 0 Å². The topological polar surface area (TPSA) is 47.3 Å². The van der Waals surface area contributed by atoms with Gasteiger partial charge in [-0.1, -0.05) is 18.1 Å². The minimum absolute atomic E-state index is 0.0968. The van der Waals surface area contributed by atoms with E-state index in [0.29, 0.717) is 6.61 Å². The highest BCUT2D eigenvalue weighted by Gasteiger charge is 2.18. The predicted molar refractivity (Wildman–Crippen MR) is 68.0 cm³/mol. The molecular formula is C13H26N2O. The molecule has 0 heterocycles. The van der Waals surface area contributed by atoms with Crippen molar-refractivity contribution in [2.24, 2.45) is 5.84 Å². The molecule has 0 aromatic carbocycles. The molecule has 1 unspecified atom stereocenters. The van der Waals surface area contributed by atoms with Crippen LogP contribution in [0.4, 0.5) is 0 Å². The minimum atomic E-state index is -0.0968. The lowest BCUT2D eigenvalue weighted by molar-refractivity contribution is -0.0105. The SMILES string of the molecule is CC(C)(C)OCC(NN)C1=CCCCCC1. The molecule has 94 valence electrons. The number of rotatable bonds is 4. The number of allylic oxidation sites excluding steroid dienone is 1. The van der Waals surface area contributed by atoms with Gasteiger partial charge in [0, 0.05) is 0 Å². The standard InChI is InChI=1S/C13H26N2O/c1-13(2,3)16-10-12(15-14)11-8-6-4-5-7-9-11/h8,12,15H,4-7,9-10,14H2,1-3H3. The fourth-order valence-corrected chi connectivity index (χ4v) is 1.95. The number of nitrogens with two attached hydrogens (primary N) is 1. The lowest BCUT2D eigenvalue weighted by Gasteiger charge is -2.25. The van der Waals surface area contributed by atoms with Crippen LogP contribution in [-0.4, -0.2) is 18.2 Å². The molecule has 3 heteroatoms. The molecular weight excluding hydrogens is 200 g/mol. The molecule has 3 nitrogen and oxygen atoms in total. The van der Waals surface area contributed by atoms with Gasteiger partial charge in [0.05, 0.1) is 18.2 Å². The lowest BCUT2D eigenvalue weighted by Crippen LogP contribution is -2.42. The Hall–Kier alpha value is -0.380. The van der Waals surface area contributed by atoms with Crippen LogP contribution in [0.2, 0.25) is 0 Å². The van der Waals surface area contributed by atoms with Gasteiger partial charge in [-0.15, -0.1) is 0 Å². The zero-order valence-corrected chi connectivity index (χ0v) is 10.9. The largest absolute Gasteiger partial charge is 0.374 e. The first-order chi connectivity index (χ1) is 7.53. The van der Waals surface area contributed by atoms with Gasteiger partial charge in [0.1, 0.15) is 0 Å². The fraction of sp³-hybridized carbons (Fsp3) is 0.846. The summed E-state index contributed by atoms with van der Waals surface area (Å²) in [4.78, 5) is 0. The van der Waals surface area contributed by atoms with Crippen molar-refractivity contribution in [3.63, 3.8) is 0 Å². The van der Waals surface area contributed by atoms with Crippen LogP contribution in [-0.2, 0) is 4.74 Å². The zero-order chi connectivity index (χ0) is 12.0. The highest BCUT2D eigenvalue weighted by Crippen LogP contribution is 2.20. The molecule has 1 aliphatic carbocycles. The molecule has 1 atom stereocenters. The summed E-state index contributed by atoms with van der Waals surface area (Å²) in [5.41, 5.74) is 4.20. The number of nitrogens with one attached hydrogen (secondary N) is 1. The third-order valence-corrected chi connectivity index (χ3v) is 2.91. The lowest BCUT2D eigenvalue weighted by atomic mass is 10.0. The van der Waals surface area contributed by atoms with Crippen molar-refractivity contribution in [2.75, 3.05) is 6.61 Å². The summed E-state index contributed by atoms with van der Waals surface area (Å²) in [5, 5.41) is 0. The van der Waals surface area contributed by atoms with E-state index < -0.39 is 0 Å². The molecule has 0 saturated carbocycles. The van der Waals surface area contributed by atoms with Crippen LogP contribution in [0.15, 0.2) is 11.6 Å². The van der Waals surface area contributed by atoms with Crippen molar-refractivity contribution in [1.29, 1.82) is 0 Å². The summed E-state index contributed by atoms with van der Waals surface area (Å²) in [6.45, 7) is 6.87. The Morgan fingerprint density at radius 1 is 1.38 bits per heavy atom. The number of hydrazine groups is 1. The van der Waals surface area contributed by atoms with Crippen molar-refractivity contribution >= 4 is 0 Å². The molecule has 16 heavy (non-hydrogen) atoms. The average Bonchev–Trinajstić information content (AvgIpc) is 2.46. The first-order valence-corrected chi connectivity index (χ1v) is 6.32. The maximum absolute atomic E-state index is 5.79. The van der Waals surface area contributed by atoms with E-state index in [0.717, 1.165) is 6.42 Å². The molecule has 0 amide bonds. The molecule has 1 aliphatic rings. The molecule has 0 aromatic rings. The van der Waals surface area contributed by atoms with Crippen molar-refractivity contribution < 1.29 is 4.74 Å². The summed E-state index contributed by atoms with van der Waals surface area (Å²) < 4.78 is 5.79. The van der Waals surface area contributed by atoms with E-state index in [1.54, 1.807) is 0 Å². The Kier molecular flexibility index (Phi) is 5.46. The highest BCUT2D eigenvalue weighted by molar-refractivity contribution is 5.12. The summed E-state index contributed by atoms with van der Waals surface area (Å²) >= 11 is 0. The minimum Gasteiger partial charge on any atom is -0.374 e. The van der Waals surface area contributed by atoms with Crippen LogP contribution in [0, 0.1) is 0 Å². The second kappa shape index (κ2) is 6.38. The monoisotopic (exact) mass is 226 g/mol. The van der Waals surface area contributed by atoms with Gasteiger partial charge < -0.3 is 4.74 Å². The highest BCUT2D eigenvalue weighted by atomic mass is 16.5. The molecule has 1 rings (SSSR count). The van der Waals surface area contributed by atoms with E-state index in [1.165, 1.54) is 31.3 Å². The Morgan fingerprint density at radius 2 is 2.12 bits per heavy atom. The normalized spacial score (nSPS) is 20.1. The van der Waals surface area contributed by atoms with E-state index in [4.69, 9.17) is 10.6 Å². The molecule has 0 radical (unpaired) electrons. The van der Waals surface area contributed by atoms with E-state index in [9.17, 15) is 0 Å². The van der Waals surface area contributed by atoms with Gasteiger partial charge in [-0.05, 0) is 46.5 Å². The van der Waals surface area contributed by atoms with Crippen molar-refractivity contribution in [3.8, 4) is 0 Å².